The van der Waals surface area contributed by atoms with Gasteiger partial charge in [0, 0.05) is 5.92 Å². The normalized spacial score (nSPS) is 50.4. The molecule has 0 spiro atoms. The Bertz CT molecular complexity index is 628. The van der Waals surface area contributed by atoms with Crippen LogP contribution in [0.5, 0.6) is 0 Å². The molecule has 164 valence electrons. The Balaban J connectivity index is 1.31. The molecule has 0 amide bonds. The molecule has 1 N–H and O–H groups in total. The second-order valence-electron chi connectivity index (χ2n) is 12.1. The summed E-state index contributed by atoms with van der Waals surface area (Å²) in [6.07, 6.45) is 14.8. The molecule has 3 heteroatoms. The SMILES string of the molecule is C[C@]12CC[C@H]3[C@@H](CCC4CC(O)CC[C@@]43C)[C@@H]1CC[C@@H]2C(=O)CN1CCCCC1. The van der Waals surface area contributed by atoms with Crippen molar-refractivity contribution in [1.29, 1.82) is 0 Å². The highest BCUT2D eigenvalue weighted by molar-refractivity contribution is 5.84. The maximum Gasteiger partial charge on any atom is 0.150 e. The number of carbonyl (C=O) groups is 1. The molecule has 5 rings (SSSR count). The molecule has 4 saturated carbocycles. The van der Waals surface area contributed by atoms with Crippen LogP contribution in [0.4, 0.5) is 0 Å². The minimum atomic E-state index is -0.0539. The van der Waals surface area contributed by atoms with Gasteiger partial charge in [0.2, 0.25) is 0 Å². The molecule has 0 aromatic carbocycles. The highest BCUT2D eigenvalue weighted by atomic mass is 16.3. The van der Waals surface area contributed by atoms with Crippen molar-refractivity contribution >= 4 is 5.78 Å². The first-order valence-corrected chi connectivity index (χ1v) is 12.8. The average molecular weight is 402 g/mol. The quantitative estimate of drug-likeness (QED) is 0.718. The van der Waals surface area contributed by atoms with Crippen LogP contribution in [0.3, 0.4) is 0 Å². The first-order valence-electron chi connectivity index (χ1n) is 12.8. The molecule has 29 heavy (non-hydrogen) atoms. The highest BCUT2D eigenvalue weighted by Gasteiger charge is 2.61. The van der Waals surface area contributed by atoms with Gasteiger partial charge in [-0.25, -0.2) is 0 Å². The minimum absolute atomic E-state index is 0.0539. The topological polar surface area (TPSA) is 40.5 Å². The molecule has 8 atom stereocenters. The van der Waals surface area contributed by atoms with Gasteiger partial charge in [-0.3, -0.25) is 9.69 Å². The third-order valence-electron chi connectivity index (χ3n) is 10.9. The summed E-state index contributed by atoms with van der Waals surface area (Å²) in [5.74, 6) is 4.04. The van der Waals surface area contributed by atoms with E-state index in [1.54, 1.807) is 0 Å². The van der Waals surface area contributed by atoms with E-state index in [0.29, 0.717) is 17.1 Å². The van der Waals surface area contributed by atoms with Crippen molar-refractivity contribution in [2.75, 3.05) is 19.6 Å². The van der Waals surface area contributed by atoms with E-state index in [2.05, 4.69) is 18.7 Å². The molecular formula is C26H43NO2. The van der Waals surface area contributed by atoms with Gasteiger partial charge < -0.3 is 5.11 Å². The number of likely N-dealkylation sites (tertiary alicyclic amines) is 1. The van der Waals surface area contributed by atoms with Gasteiger partial charge in [-0.2, -0.15) is 0 Å². The van der Waals surface area contributed by atoms with Crippen LogP contribution in [0.2, 0.25) is 0 Å². The number of aliphatic hydroxyl groups excluding tert-OH is 1. The van der Waals surface area contributed by atoms with Crippen LogP contribution in [-0.4, -0.2) is 41.5 Å². The summed E-state index contributed by atoms with van der Waals surface area (Å²) >= 11 is 0. The van der Waals surface area contributed by atoms with Gasteiger partial charge in [0.15, 0.2) is 0 Å². The molecule has 4 aliphatic carbocycles. The van der Waals surface area contributed by atoms with Gasteiger partial charge in [-0.15, -0.1) is 0 Å². The highest BCUT2D eigenvalue weighted by Crippen LogP contribution is 2.67. The predicted molar refractivity (Wildman–Crippen MR) is 117 cm³/mol. The van der Waals surface area contributed by atoms with Crippen molar-refractivity contribution in [2.45, 2.75) is 97.0 Å². The third kappa shape index (κ3) is 3.34. The van der Waals surface area contributed by atoms with Gasteiger partial charge in [-0.05, 0) is 118 Å². The number of piperidine rings is 1. The fourth-order valence-electron chi connectivity index (χ4n) is 9.21. The molecule has 5 fully saturated rings. The molecular weight excluding hydrogens is 358 g/mol. The molecule has 0 bridgehead atoms. The summed E-state index contributed by atoms with van der Waals surface area (Å²) in [5, 5.41) is 10.2. The van der Waals surface area contributed by atoms with Gasteiger partial charge in [-0.1, -0.05) is 20.3 Å². The smallest absolute Gasteiger partial charge is 0.150 e. The summed E-state index contributed by atoms with van der Waals surface area (Å²) < 4.78 is 0. The summed E-state index contributed by atoms with van der Waals surface area (Å²) in [6.45, 7) is 8.05. The van der Waals surface area contributed by atoms with E-state index in [9.17, 15) is 9.90 Å². The van der Waals surface area contributed by atoms with Crippen molar-refractivity contribution < 1.29 is 9.90 Å². The zero-order valence-corrected chi connectivity index (χ0v) is 18.9. The Morgan fingerprint density at radius 2 is 1.62 bits per heavy atom. The van der Waals surface area contributed by atoms with Crippen molar-refractivity contribution in [3.63, 3.8) is 0 Å². The van der Waals surface area contributed by atoms with Crippen LogP contribution in [0.25, 0.3) is 0 Å². The summed E-state index contributed by atoms with van der Waals surface area (Å²) in [4.78, 5) is 15.8. The van der Waals surface area contributed by atoms with Crippen LogP contribution < -0.4 is 0 Å². The molecule has 2 unspecified atom stereocenters. The third-order valence-corrected chi connectivity index (χ3v) is 10.9. The Kier molecular flexibility index (Phi) is 5.39. The van der Waals surface area contributed by atoms with Crippen LogP contribution >= 0.6 is 0 Å². The Hall–Kier alpha value is -0.410. The fraction of sp³-hybridized carbons (Fsp3) is 0.962. The maximum absolute atomic E-state index is 13.4. The second kappa shape index (κ2) is 7.62. The first-order chi connectivity index (χ1) is 13.9. The number of carbonyl (C=O) groups excluding carboxylic acids is 1. The van der Waals surface area contributed by atoms with E-state index < -0.39 is 0 Å². The lowest BCUT2D eigenvalue weighted by Crippen LogP contribution is -2.54. The van der Waals surface area contributed by atoms with Crippen LogP contribution in [0.1, 0.15) is 90.9 Å². The molecule has 3 nitrogen and oxygen atoms in total. The van der Waals surface area contributed by atoms with Gasteiger partial charge in [0.25, 0.3) is 0 Å². The molecule has 1 aliphatic heterocycles. The second-order valence-corrected chi connectivity index (χ2v) is 12.1. The van der Waals surface area contributed by atoms with Crippen molar-refractivity contribution in [1.82, 2.24) is 4.90 Å². The Labute approximate surface area is 178 Å². The molecule has 1 saturated heterocycles. The number of ketones is 1. The van der Waals surface area contributed by atoms with Gasteiger partial charge in [0.1, 0.15) is 5.78 Å². The number of nitrogens with zero attached hydrogens (tertiary/aromatic N) is 1. The van der Waals surface area contributed by atoms with E-state index in [-0.39, 0.29) is 11.5 Å². The first kappa shape index (κ1) is 20.5. The number of hydrogen-bond acceptors (Lipinski definition) is 3. The van der Waals surface area contributed by atoms with E-state index >= 15 is 0 Å². The summed E-state index contributed by atoms with van der Waals surface area (Å²) in [6, 6.07) is 0. The lowest BCUT2D eigenvalue weighted by Gasteiger charge is -2.60. The predicted octanol–water partition coefficient (Wildman–Crippen LogP) is 5.06. The summed E-state index contributed by atoms with van der Waals surface area (Å²) in [5.41, 5.74) is 0.699. The van der Waals surface area contributed by atoms with Gasteiger partial charge in [0.05, 0.1) is 12.6 Å². The average Bonchev–Trinajstić information content (AvgIpc) is 3.06. The Morgan fingerprint density at radius 3 is 2.41 bits per heavy atom. The van der Waals surface area contributed by atoms with Crippen LogP contribution in [0, 0.1) is 40.4 Å². The summed E-state index contributed by atoms with van der Waals surface area (Å²) in [7, 11) is 0. The van der Waals surface area contributed by atoms with E-state index in [1.165, 1.54) is 57.8 Å². The molecule has 0 radical (unpaired) electrons. The van der Waals surface area contributed by atoms with Gasteiger partial charge >= 0.3 is 0 Å². The fourth-order valence-corrected chi connectivity index (χ4v) is 9.21. The molecule has 0 aromatic heterocycles. The van der Waals surface area contributed by atoms with Crippen molar-refractivity contribution in [3.05, 3.63) is 0 Å². The number of Topliss-reactive ketones (excluding diaryl/α,β-unsaturated/α-hetero) is 1. The monoisotopic (exact) mass is 401 g/mol. The number of rotatable bonds is 3. The van der Waals surface area contributed by atoms with Crippen LogP contribution in [0.15, 0.2) is 0 Å². The molecule has 5 aliphatic rings. The lowest BCUT2D eigenvalue weighted by atomic mass is 9.44. The number of hydrogen-bond donors (Lipinski definition) is 1. The van der Waals surface area contributed by atoms with Crippen LogP contribution in [-0.2, 0) is 4.79 Å². The minimum Gasteiger partial charge on any atom is -0.393 e. The van der Waals surface area contributed by atoms with E-state index in [4.69, 9.17) is 0 Å². The maximum atomic E-state index is 13.4. The van der Waals surface area contributed by atoms with E-state index in [0.717, 1.165) is 62.6 Å². The van der Waals surface area contributed by atoms with Crippen molar-refractivity contribution in [3.8, 4) is 0 Å². The number of fused-ring (bicyclic) bond motifs is 5. The van der Waals surface area contributed by atoms with E-state index in [1.807, 2.05) is 0 Å². The number of aliphatic hydroxyl groups is 1. The largest absolute Gasteiger partial charge is 0.393 e. The molecule has 0 aromatic rings. The molecule has 1 heterocycles. The standard InChI is InChI=1S/C26H43NO2/c1-25-12-10-19(28)16-18(25)6-7-20-21-8-9-23(26(21,2)13-11-22(20)25)24(29)17-27-14-4-3-5-15-27/h18-23,28H,3-17H2,1-2H3/t18?,19?,20-,21-,22-,23+,25-,26-/m0/s1. The Morgan fingerprint density at radius 1 is 0.897 bits per heavy atom. The lowest BCUT2D eigenvalue weighted by molar-refractivity contribution is -0.140. The van der Waals surface area contributed by atoms with Crippen molar-refractivity contribution in [2.24, 2.45) is 40.4 Å². The zero-order chi connectivity index (χ0) is 20.2. The zero-order valence-electron chi connectivity index (χ0n) is 18.9.